The number of hydrogen-bond acceptors (Lipinski definition) is 2. The molecule has 2 rings (SSSR count). The van der Waals surface area contributed by atoms with Crippen LogP contribution in [0.5, 0.6) is 0 Å². The number of likely N-dealkylation sites (tertiary alicyclic amines) is 1. The molecule has 1 aliphatic carbocycles. The van der Waals surface area contributed by atoms with Crippen LogP contribution >= 0.6 is 11.6 Å². The van der Waals surface area contributed by atoms with Crippen molar-refractivity contribution in [3.8, 4) is 0 Å². The second-order valence-electron chi connectivity index (χ2n) is 6.32. The highest BCUT2D eigenvalue weighted by Crippen LogP contribution is 2.42. The molecule has 3 nitrogen and oxygen atoms in total. The highest BCUT2D eigenvalue weighted by molar-refractivity contribution is 6.24. The van der Waals surface area contributed by atoms with Crippen molar-refractivity contribution in [2.45, 2.75) is 76.8 Å². The van der Waals surface area contributed by atoms with E-state index in [1.54, 1.807) is 0 Å². The average Bonchev–Trinajstić information content (AvgIpc) is 2.13. The monoisotopic (exact) mass is 275 g/mol. The van der Waals surface area contributed by atoms with Crippen LogP contribution in [0.3, 0.4) is 0 Å². The van der Waals surface area contributed by atoms with Crippen molar-refractivity contribution in [3.63, 3.8) is 0 Å². The van der Waals surface area contributed by atoms with Crippen LogP contribution in [0.15, 0.2) is 0 Å². The number of piperidine rings is 1. The Morgan fingerprint density at radius 3 is 2.67 bits per heavy atom. The number of nitrogens with zero attached hydrogens (tertiary/aromatic N) is 1. The van der Waals surface area contributed by atoms with Gasteiger partial charge in [0.25, 0.3) is 0 Å². The minimum atomic E-state index is -0.415. The zero-order valence-electron chi connectivity index (χ0n) is 11.0. The number of carbonyl (C=O) groups is 1. The fourth-order valence-electron chi connectivity index (χ4n) is 2.84. The summed E-state index contributed by atoms with van der Waals surface area (Å²) < 4.78 is 5.45. The van der Waals surface area contributed by atoms with E-state index >= 15 is 0 Å². The minimum absolute atomic E-state index is 0. The van der Waals surface area contributed by atoms with Gasteiger partial charge in [-0.1, -0.05) is 7.43 Å². The Morgan fingerprint density at radius 1 is 1.39 bits per heavy atom. The van der Waals surface area contributed by atoms with Gasteiger partial charge < -0.3 is 9.64 Å². The number of alkyl halides is 1. The number of fused-ring (bicyclic) bond motifs is 2. The van der Waals surface area contributed by atoms with Crippen molar-refractivity contribution in [2.24, 2.45) is 0 Å². The summed E-state index contributed by atoms with van der Waals surface area (Å²) in [5.74, 6) is 0. The van der Waals surface area contributed by atoms with Crippen LogP contribution in [0.4, 0.5) is 4.79 Å². The highest BCUT2D eigenvalue weighted by atomic mass is 35.5. The van der Waals surface area contributed by atoms with Crippen LogP contribution in [0.2, 0.25) is 0 Å². The van der Waals surface area contributed by atoms with Crippen LogP contribution in [-0.4, -0.2) is 34.1 Å². The molecule has 2 unspecified atom stereocenters. The average molecular weight is 276 g/mol. The van der Waals surface area contributed by atoms with E-state index in [0.29, 0.717) is 0 Å². The topological polar surface area (TPSA) is 29.5 Å². The third-order valence-electron chi connectivity index (χ3n) is 3.63. The molecule has 0 aromatic rings. The summed E-state index contributed by atoms with van der Waals surface area (Å²) in [5.41, 5.74) is -0.415. The fourth-order valence-corrected chi connectivity index (χ4v) is 3.23. The van der Waals surface area contributed by atoms with Gasteiger partial charge in [0.15, 0.2) is 0 Å². The Kier molecular flexibility index (Phi) is 4.58. The first-order chi connectivity index (χ1) is 7.79. The van der Waals surface area contributed by atoms with E-state index in [-0.39, 0.29) is 24.4 Å². The van der Waals surface area contributed by atoms with Crippen molar-refractivity contribution in [2.75, 3.05) is 6.54 Å². The van der Waals surface area contributed by atoms with Crippen molar-refractivity contribution in [1.29, 1.82) is 0 Å². The van der Waals surface area contributed by atoms with Crippen LogP contribution in [-0.2, 0) is 4.74 Å². The smallest absolute Gasteiger partial charge is 0.410 e. The Morgan fingerprint density at radius 2 is 2.06 bits per heavy atom. The maximum absolute atomic E-state index is 12.1. The van der Waals surface area contributed by atoms with Gasteiger partial charge in [-0.2, -0.15) is 0 Å². The number of amides is 1. The van der Waals surface area contributed by atoms with Gasteiger partial charge in [-0.25, -0.2) is 4.79 Å². The third kappa shape index (κ3) is 3.53. The fraction of sp³-hybridized carbons (Fsp3) is 0.929. The third-order valence-corrected chi connectivity index (χ3v) is 4.17. The molecule has 0 aromatic heterocycles. The van der Waals surface area contributed by atoms with Gasteiger partial charge in [0.1, 0.15) is 5.60 Å². The van der Waals surface area contributed by atoms with Crippen molar-refractivity contribution in [1.82, 2.24) is 4.90 Å². The molecule has 106 valence electrons. The molecule has 1 saturated carbocycles. The first kappa shape index (κ1) is 15.6. The second-order valence-corrected chi connectivity index (χ2v) is 7.13. The lowest BCUT2D eigenvalue weighted by Gasteiger charge is -2.47. The summed E-state index contributed by atoms with van der Waals surface area (Å²) in [4.78, 5) is 13.9. The van der Waals surface area contributed by atoms with Crippen molar-refractivity contribution >= 4 is 17.7 Å². The molecule has 0 aromatic carbocycles. The molecule has 0 spiro atoms. The van der Waals surface area contributed by atoms with Crippen LogP contribution in [0.1, 0.15) is 60.3 Å². The van der Waals surface area contributed by atoms with E-state index in [0.717, 1.165) is 38.6 Å². The molecular weight excluding hydrogens is 250 g/mol. The zero-order chi connectivity index (χ0) is 12.7. The minimum Gasteiger partial charge on any atom is -0.444 e. The molecule has 2 fully saturated rings. The van der Waals surface area contributed by atoms with Crippen LogP contribution in [0.25, 0.3) is 0 Å². The Bertz CT molecular complexity index is 313. The summed E-state index contributed by atoms with van der Waals surface area (Å²) in [6.07, 6.45) is 4.91. The van der Waals surface area contributed by atoms with Gasteiger partial charge >= 0.3 is 6.09 Å². The first-order valence-corrected chi connectivity index (χ1v) is 6.85. The molecular formula is C14H26ClNO2. The molecule has 0 N–H and O–H groups in total. The molecule has 0 radical (unpaired) electrons. The van der Waals surface area contributed by atoms with Gasteiger partial charge in [0.2, 0.25) is 0 Å². The summed E-state index contributed by atoms with van der Waals surface area (Å²) in [6, 6.07) is 0.282. The maximum Gasteiger partial charge on any atom is 0.410 e. The van der Waals surface area contributed by atoms with E-state index in [4.69, 9.17) is 16.3 Å². The Hall–Kier alpha value is -0.440. The molecule has 18 heavy (non-hydrogen) atoms. The lowest BCUT2D eigenvalue weighted by molar-refractivity contribution is -0.000245. The second kappa shape index (κ2) is 5.28. The molecule has 1 heterocycles. The van der Waals surface area contributed by atoms with E-state index in [2.05, 4.69) is 0 Å². The van der Waals surface area contributed by atoms with E-state index in [1.165, 1.54) is 0 Å². The lowest BCUT2D eigenvalue weighted by atomic mass is 9.79. The van der Waals surface area contributed by atoms with E-state index in [1.807, 2.05) is 25.7 Å². The SMILES string of the molecule is C.CC(C)(C)OC(=O)N1CCC2(Cl)CCCC1C2. The van der Waals surface area contributed by atoms with Crippen molar-refractivity contribution < 1.29 is 9.53 Å². The molecule has 2 atom stereocenters. The number of hydrogen-bond donors (Lipinski definition) is 0. The maximum atomic E-state index is 12.1. The summed E-state index contributed by atoms with van der Waals surface area (Å²) in [7, 11) is 0. The zero-order valence-corrected chi connectivity index (χ0v) is 11.7. The summed E-state index contributed by atoms with van der Waals surface area (Å²) in [5, 5.41) is 0. The molecule has 1 amide bonds. The Balaban J connectivity index is 0.00000162. The summed E-state index contributed by atoms with van der Waals surface area (Å²) in [6.45, 7) is 6.45. The molecule has 4 heteroatoms. The quantitative estimate of drug-likeness (QED) is 0.621. The van der Waals surface area contributed by atoms with Crippen molar-refractivity contribution in [3.05, 3.63) is 0 Å². The summed E-state index contributed by atoms with van der Waals surface area (Å²) >= 11 is 6.53. The van der Waals surface area contributed by atoms with Gasteiger partial charge in [0, 0.05) is 17.5 Å². The van der Waals surface area contributed by atoms with Gasteiger partial charge in [-0.15, -0.1) is 11.6 Å². The van der Waals surface area contributed by atoms with E-state index in [9.17, 15) is 4.79 Å². The standard InChI is InChI=1S/C13H22ClNO2.CH4/c1-12(2,3)17-11(16)15-8-7-13(14)6-4-5-10(15)9-13;/h10H,4-9H2,1-3H3;1H4. The Labute approximate surface area is 116 Å². The predicted octanol–water partition coefficient (Wildman–Crippen LogP) is 4.18. The van der Waals surface area contributed by atoms with Crippen LogP contribution in [0, 0.1) is 0 Å². The number of carbonyl (C=O) groups excluding carboxylic acids is 1. The molecule has 2 bridgehead atoms. The van der Waals surface area contributed by atoms with Crippen LogP contribution < -0.4 is 0 Å². The van der Waals surface area contributed by atoms with Gasteiger partial charge in [-0.3, -0.25) is 0 Å². The first-order valence-electron chi connectivity index (χ1n) is 6.48. The number of ether oxygens (including phenoxy) is 1. The molecule has 2 aliphatic rings. The highest BCUT2D eigenvalue weighted by Gasteiger charge is 2.43. The van der Waals surface area contributed by atoms with Gasteiger partial charge in [0.05, 0.1) is 0 Å². The lowest BCUT2D eigenvalue weighted by Crippen LogP contribution is -2.54. The number of rotatable bonds is 0. The number of halogens is 1. The van der Waals surface area contributed by atoms with E-state index < -0.39 is 5.60 Å². The predicted molar refractivity (Wildman–Crippen MR) is 75.1 cm³/mol. The molecule has 1 aliphatic heterocycles. The normalized spacial score (nSPS) is 31.6. The molecule has 1 saturated heterocycles. The van der Waals surface area contributed by atoms with Gasteiger partial charge in [-0.05, 0) is 52.9 Å². The largest absolute Gasteiger partial charge is 0.444 e.